The third-order valence-corrected chi connectivity index (χ3v) is 7.63. The van der Waals surface area contributed by atoms with Crippen LogP contribution in [0.25, 0.3) is 0 Å². The number of nitrogens with zero attached hydrogens (tertiary/aromatic N) is 2. The molecule has 35 heavy (non-hydrogen) atoms. The topological polar surface area (TPSA) is 122 Å². The molecule has 1 unspecified atom stereocenters. The highest BCUT2D eigenvalue weighted by atomic mass is 35.5. The van der Waals surface area contributed by atoms with Crippen molar-refractivity contribution in [3.05, 3.63) is 40.9 Å². The lowest BCUT2D eigenvalue weighted by Gasteiger charge is -2.40. The van der Waals surface area contributed by atoms with Gasteiger partial charge >= 0.3 is 11.8 Å². The Bertz CT molecular complexity index is 1210. The van der Waals surface area contributed by atoms with E-state index in [-0.39, 0.29) is 23.1 Å². The fourth-order valence-electron chi connectivity index (χ4n) is 4.13. The second kappa shape index (κ2) is 9.96. The third kappa shape index (κ3) is 5.04. The number of benzene rings is 1. The van der Waals surface area contributed by atoms with E-state index in [9.17, 15) is 23.0 Å². The second-order valence-corrected chi connectivity index (χ2v) is 10.0. The van der Waals surface area contributed by atoms with Gasteiger partial charge in [-0.05, 0) is 38.0 Å². The molecule has 188 valence electrons. The van der Waals surface area contributed by atoms with Crippen molar-refractivity contribution in [1.82, 2.24) is 19.5 Å². The number of carbonyl (C=O) groups excluding carboxylic acids is 3. The summed E-state index contributed by atoms with van der Waals surface area (Å²) in [5.74, 6) is -2.20. The van der Waals surface area contributed by atoms with Crippen LogP contribution in [-0.2, 0) is 27.6 Å². The number of aromatic nitrogens is 1. The summed E-state index contributed by atoms with van der Waals surface area (Å²) in [7, 11) is -0.0637. The number of nitrogens with one attached hydrogen (secondary N) is 3. The Hall–Kier alpha value is -2.96. The van der Waals surface area contributed by atoms with E-state index < -0.39 is 40.1 Å². The molecule has 2 aliphatic heterocycles. The van der Waals surface area contributed by atoms with Crippen molar-refractivity contribution in [2.24, 2.45) is 7.05 Å². The average Bonchev–Trinajstić information content (AvgIpc) is 3.10. The van der Waals surface area contributed by atoms with Crippen molar-refractivity contribution in [3.8, 4) is 5.75 Å². The summed E-state index contributed by atoms with van der Waals surface area (Å²) in [5.41, 5.74) is -0.257. The molecule has 1 aromatic heterocycles. The number of likely N-dealkylation sites (tertiary alicyclic amines) is 1. The van der Waals surface area contributed by atoms with Gasteiger partial charge in [-0.25, -0.2) is 13.3 Å². The van der Waals surface area contributed by atoms with E-state index >= 15 is 0 Å². The Kier molecular flexibility index (Phi) is 7.15. The van der Waals surface area contributed by atoms with E-state index in [1.54, 1.807) is 20.2 Å². The van der Waals surface area contributed by atoms with Crippen molar-refractivity contribution >= 4 is 46.0 Å². The predicted molar refractivity (Wildman–Crippen MR) is 127 cm³/mol. The van der Waals surface area contributed by atoms with Gasteiger partial charge in [-0.2, -0.15) is 0 Å². The molecule has 4 rings (SSSR count). The Labute approximate surface area is 208 Å². The van der Waals surface area contributed by atoms with Crippen LogP contribution in [0.3, 0.4) is 0 Å². The molecule has 3 N–H and O–H groups in total. The van der Waals surface area contributed by atoms with Crippen molar-refractivity contribution in [2.75, 3.05) is 31.6 Å². The van der Waals surface area contributed by atoms with E-state index in [1.165, 1.54) is 21.6 Å². The van der Waals surface area contributed by atoms with Gasteiger partial charge in [0.25, 0.3) is 5.91 Å². The van der Waals surface area contributed by atoms with E-state index in [1.807, 2.05) is 0 Å². The molecular weight excluding hydrogens is 501 g/mol. The van der Waals surface area contributed by atoms with Crippen molar-refractivity contribution in [3.63, 3.8) is 0 Å². The molecule has 3 amide bonds. The van der Waals surface area contributed by atoms with Gasteiger partial charge in [-0.15, -0.1) is 0 Å². The number of rotatable bonds is 3. The first-order valence-electron chi connectivity index (χ1n) is 11.0. The molecule has 0 bridgehead atoms. The number of anilines is 1. The lowest BCUT2D eigenvalue weighted by Crippen LogP contribution is -2.58. The summed E-state index contributed by atoms with van der Waals surface area (Å²) in [6.45, 7) is 2.79. The van der Waals surface area contributed by atoms with Crippen LogP contribution < -0.4 is 20.1 Å². The number of amides is 3. The van der Waals surface area contributed by atoms with Gasteiger partial charge in [0.2, 0.25) is 0 Å². The van der Waals surface area contributed by atoms with Gasteiger partial charge in [-0.1, -0.05) is 11.6 Å². The number of likely N-dealkylation sites (N-methyl/N-ethyl adjacent to an activating group) is 1. The number of piperidine rings is 1. The lowest BCUT2D eigenvalue weighted by molar-refractivity contribution is -0.147. The molecule has 10 nitrogen and oxygen atoms in total. The van der Waals surface area contributed by atoms with Gasteiger partial charge in [0.1, 0.15) is 28.3 Å². The normalized spacial score (nSPS) is 18.9. The maximum atomic E-state index is 13.5. The molecule has 0 saturated carbocycles. The smallest absolute Gasteiger partial charge is 0.311 e. The van der Waals surface area contributed by atoms with Crippen LogP contribution in [0.15, 0.2) is 29.3 Å². The van der Waals surface area contributed by atoms with Crippen LogP contribution in [0.4, 0.5) is 10.1 Å². The zero-order chi connectivity index (χ0) is 25.3. The molecule has 2 aliphatic rings. The third-order valence-electron chi connectivity index (χ3n) is 6.04. The number of fused-ring (bicyclic) bond motifs is 1. The Morgan fingerprint density at radius 3 is 2.66 bits per heavy atom. The molecule has 0 aliphatic carbocycles. The summed E-state index contributed by atoms with van der Waals surface area (Å²) in [6, 6.07) is 3.82. The molecule has 1 atom stereocenters. The highest BCUT2D eigenvalue weighted by Gasteiger charge is 2.42. The predicted octanol–water partition coefficient (Wildman–Crippen LogP) is 1.57. The van der Waals surface area contributed by atoms with E-state index in [0.717, 1.165) is 6.07 Å². The molecule has 3 heterocycles. The number of halogens is 2. The zero-order valence-corrected chi connectivity index (χ0v) is 20.7. The van der Waals surface area contributed by atoms with Gasteiger partial charge < -0.3 is 24.8 Å². The van der Waals surface area contributed by atoms with Crippen LogP contribution >= 0.6 is 11.6 Å². The minimum absolute atomic E-state index is 0.113. The van der Waals surface area contributed by atoms with Crippen LogP contribution in [0.2, 0.25) is 5.02 Å². The second-order valence-electron chi connectivity index (χ2n) is 8.46. The zero-order valence-electron chi connectivity index (χ0n) is 19.2. The first kappa shape index (κ1) is 25.1. The number of ether oxygens (including phenoxy) is 1. The van der Waals surface area contributed by atoms with Gasteiger partial charge in [-0.3, -0.25) is 14.4 Å². The standard InChI is InChI=1S/C22H25ClFN5O5S/c1-3-25-20(31)21(32)29-8-6-22(7-9-29)12-34-18-16(35(33)27-22)11-28(2)17(18)19(30)26-13-4-5-15(24)14(23)10-13/h4-5,10-11,27H,3,6-9,12H2,1-2H3,(H,25,31)(H,26,30). The number of carbonyl (C=O) groups is 3. The summed E-state index contributed by atoms with van der Waals surface area (Å²) >= 11 is 5.80. The Morgan fingerprint density at radius 2 is 2.00 bits per heavy atom. The number of hydrogen-bond donors (Lipinski definition) is 3. The van der Waals surface area contributed by atoms with Crippen LogP contribution in [-0.4, -0.2) is 63.2 Å². The van der Waals surface area contributed by atoms with Gasteiger partial charge in [0.05, 0.1) is 10.6 Å². The van der Waals surface area contributed by atoms with E-state index in [2.05, 4.69) is 15.4 Å². The summed E-state index contributed by atoms with van der Waals surface area (Å²) in [5, 5.41) is 5.03. The first-order valence-corrected chi connectivity index (χ1v) is 12.5. The molecular formula is C22H25ClFN5O5S. The maximum Gasteiger partial charge on any atom is 0.311 e. The van der Waals surface area contributed by atoms with Crippen LogP contribution in [0.1, 0.15) is 30.3 Å². The van der Waals surface area contributed by atoms with E-state index in [0.29, 0.717) is 43.1 Å². The van der Waals surface area contributed by atoms with Crippen molar-refractivity contribution < 1.29 is 27.7 Å². The fraction of sp³-hybridized carbons (Fsp3) is 0.409. The summed E-state index contributed by atoms with van der Waals surface area (Å²) < 4.78 is 37.3. The van der Waals surface area contributed by atoms with Crippen LogP contribution in [0.5, 0.6) is 5.75 Å². The number of aryl methyl sites for hydroxylation is 1. The Balaban J connectivity index is 1.50. The highest BCUT2D eigenvalue weighted by Crippen LogP contribution is 2.36. The van der Waals surface area contributed by atoms with Crippen molar-refractivity contribution in [2.45, 2.75) is 30.2 Å². The SMILES string of the molecule is CCNC(=O)C(=O)N1CCC2(CC1)COc1c(cn(C)c1C(=O)Nc1ccc(F)c(Cl)c1)S(=O)N2. The minimum atomic E-state index is -1.69. The Morgan fingerprint density at radius 1 is 1.29 bits per heavy atom. The summed E-state index contributed by atoms with van der Waals surface area (Å²) in [4.78, 5) is 39.0. The maximum absolute atomic E-state index is 13.5. The number of hydrogen-bond acceptors (Lipinski definition) is 5. The quantitative estimate of drug-likeness (QED) is 0.525. The fourth-order valence-corrected chi connectivity index (χ4v) is 5.66. The van der Waals surface area contributed by atoms with Crippen molar-refractivity contribution in [1.29, 1.82) is 0 Å². The molecule has 1 aromatic carbocycles. The lowest BCUT2D eigenvalue weighted by atomic mass is 9.89. The van der Waals surface area contributed by atoms with Crippen LogP contribution in [0, 0.1) is 5.82 Å². The monoisotopic (exact) mass is 525 g/mol. The largest absolute Gasteiger partial charge is 0.488 e. The highest BCUT2D eigenvalue weighted by molar-refractivity contribution is 7.83. The van der Waals surface area contributed by atoms with Gasteiger partial charge in [0, 0.05) is 38.6 Å². The molecule has 1 spiro atoms. The molecule has 0 radical (unpaired) electrons. The van der Waals surface area contributed by atoms with E-state index in [4.69, 9.17) is 16.3 Å². The average molecular weight is 526 g/mol. The molecule has 13 heteroatoms. The molecule has 1 fully saturated rings. The summed E-state index contributed by atoms with van der Waals surface area (Å²) in [6.07, 6.45) is 2.38. The minimum Gasteiger partial charge on any atom is -0.488 e. The molecule has 2 aromatic rings. The molecule has 1 saturated heterocycles. The van der Waals surface area contributed by atoms with Gasteiger partial charge in [0.15, 0.2) is 11.4 Å². The first-order chi connectivity index (χ1) is 16.6.